The summed E-state index contributed by atoms with van der Waals surface area (Å²) in [6.07, 6.45) is 5.21. The van der Waals surface area contributed by atoms with Gasteiger partial charge in [-0.1, -0.05) is 12.0 Å². The third-order valence-corrected chi connectivity index (χ3v) is 1.33. The van der Waals surface area contributed by atoms with Crippen LogP contribution in [0.5, 0.6) is 0 Å². The van der Waals surface area contributed by atoms with Gasteiger partial charge in [-0.25, -0.2) is 4.98 Å². The first-order valence-corrected chi connectivity index (χ1v) is 3.92. The van der Waals surface area contributed by atoms with Crippen LogP contribution in [0.15, 0.2) is 18.2 Å². The molecule has 0 fully saturated rings. The number of pyridine rings is 1. The molecule has 0 aromatic carbocycles. The Morgan fingerprint density at radius 2 is 2.25 bits per heavy atom. The van der Waals surface area contributed by atoms with E-state index in [4.69, 9.17) is 6.42 Å². The predicted molar refractivity (Wildman–Crippen MR) is 50.9 cm³/mol. The number of nitrogens with zero attached hydrogens (tertiary/aromatic N) is 1. The highest BCUT2D eigenvalue weighted by atomic mass is 15.0. The summed E-state index contributed by atoms with van der Waals surface area (Å²) >= 11 is 0. The van der Waals surface area contributed by atoms with E-state index in [0.717, 1.165) is 5.82 Å². The Morgan fingerprint density at radius 3 is 2.83 bits per heavy atom. The Hall–Kier alpha value is -1.49. The first kappa shape index (κ1) is 8.61. The number of anilines is 1. The smallest absolute Gasteiger partial charge is 0.127 e. The molecule has 12 heavy (non-hydrogen) atoms. The topological polar surface area (TPSA) is 24.9 Å². The maximum atomic E-state index is 5.21. The Kier molecular flexibility index (Phi) is 2.71. The molecule has 1 aromatic rings. The standard InChI is InChI=1S/C10H12N2/c1-4-9-6-5-7-10(12-9)11-8(2)3/h1,5-8H,2-3H3,(H,11,12). The fraction of sp³-hybridized carbons (Fsp3) is 0.300. The average molecular weight is 160 g/mol. The Labute approximate surface area is 73.0 Å². The minimum Gasteiger partial charge on any atom is -0.368 e. The number of hydrogen-bond acceptors (Lipinski definition) is 2. The Bertz CT molecular complexity index is 297. The van der Waals surface area contributed by atoms with Crippen LogP contribution in [-0.2, 0) is 0 Å². The summed E-state index contributed by atoms with van der Waals surface area (Å²) in [7, 11) is 0. The highest BCUT2D eigenvalue weighted by Gasteiger charge is 1.96. The minimum atomic E-state index is 0.380. The third-order valence-electron chi connectivity index (χ3n) is 1.33. The highest BCUT2D eigenvalue weighted by Crippen LogP contribution is 2.04. The van der Waals surface area contributed by atoms with Crippen molar-refractivity contribution >= 4 is 5.82 Å². The summed E-state index contributed by atoms with van der Waals surface area (Å²) in [4.78, 5) is 4.18. The molecule has 0 spiro atoms. The number of terminal acetylenes is 1. The molecule has 0 amide bonds. The van der Waals surface area contributed by atoms with Crippen LogP contribution >= 0.6 is 0 Å². The van der Waals surface area contributed by atoms with Crippen molar-refractivity contribution < 1.29 is 0 Å². The van der Waals surface area contributed by atoms with Gasteiger partial charge >= 0.3 is 0 Å². The van der Waals surface area contributed by atoms with Crippen LogP contribution in [0.2, 0.25) is 0 Å². The lowest BCUT2D eigenvalue weighted by Gasteiger charge is -2.08. The normalized spacial score (nSPS) is 9.50. The maximum absolute atomic E-state index is 5.21. The molecule has 0 bridgehead atoms. The van der Waals surface area contributed by atoms with E-state index in [9.17, 15) is 0 Å². The van der Waals surface area contributed by atoms with Gasteiger partial charge in [-0.05, 0) is 26.0 Å². The van der Waals surface area contributed by atoms with Gasteiger partial charge in [0.15, 0.2) is 0 Å². The molecular weight excluding hydrogens is 148 g/mol. The summed E-state index contributed by atoms with van der Waals surface area (Å²) in [5.74, 6) is 3.32. The van der Waals surface area contributed by atoms with Gasteiger partial charge in [-0.3, -0.25) is 0 Å². The molecule has 0 saturated heterocycles. The summed E-state index contributed by atoms with van der Waals surface area (Å²) < 4.78 is 0. The summed E-state index contributed by atoms with van der Waals surface area (Å²) in [6, 6.07) is 5.99. The Morgan fingerprint density at radius 1 is 1.50 bits per heavy atom. The van der Waals surface area contributed by atoms with Crippen LogP contribution < -0.4 is 5.32 Å². The molecule has 2 nitrogen and oxygen atoms in total. The summed E-state index contributed by atoms with van der Waals surface area (Å²) in [5, 5.41) is 3.17. The van der Waals surface area contributed by atoms with E-state index in [-0.39, 0.29) is 0 Å². The zero-order valence-electron chi connectivity index (χ0n) is 7.33. The fourth-order valence-corrected chi connectivity index (χ4v) is 0.891. The van der Waals surface area contributed by atoms with Crippen molar-refractivity contribution in [1.82, 2.24) is 4.98 Å². The second-order valence-electron chi connectivity index (χ2n) is 2.85. The van der Waals surface area contributed by atoms with E-state index in [0.29, 0.717) is 11.7 Å². The number of rotatable bonds is 2. The second kappa shape index (κ2) is 3.77. The van der Waals surface area contributed by atoms with E-state index >= 15 is 0 Å². The second-order valence-corrected chi connectivity index (χ2v) is 2.85. The molecule has 0 atom stereocenters. The maximum Gasteiger partial charge on any atom is 0.127 e. The van der Waals surface area contributed by atoms with E-state index in [1.807, 2.05) is 18.2 Å². The van der Waals surface area contributed by atoms with Crippen molar-refractivity contribution in [2.75, 3.05) is 5.32 Å². The SMILES string of the molecule is C#Cc1cccc(NC(C)C)n1. The van der Waals surface area contributed by atoms with E-state index < -0.39 is 0 Å². The van der Waals surface area contributed by atoms with Gasteiger partial charge < -0.3 is 5.32 Å². The first-order chi connectivity index (χ1) is 5.72. The average Bonchev–Trinajstić information content (AvgIpc) is 2.03. The zero-order chi connectivity index (χ0) is 8.97. The minimum absolute atomic E-state index is 0.380. The van der Waals surface area contributed by atoms with Gasteiger partial charge in [-0.2, -0.15) is 0 Å². The lowest BCUT2D eigenvalue weighted by atomic mass is 10.3. The zero-order valence-corrected chi connectivity index (χ0v) is 7.33. The third kappa shape index (κ3) is 2.28. The van der Waals surface area contributed by atoms with Crippen LogP contribution in [0.1, 0.15) is 19.5 Å². The van der Waals surface area contributed by atoms with E-state index in [1.165, 1.54) is 0 Å². The van der Waals surface area contributed by atoms with Gasteiger partial charge in [0, 0.05) is 6.04 Å². The number of nitrogens with one attached hydrogen (secondary N) is 1. The van der Waals surface area contributed by atoms with E-state index in [2.05, 4.69) is 30.1 Å². The molecule has 1 N–H and O–H groups in total. The van der Waals surface area contributed by atoms with Crippen molar-refractivity contribution in [3.8, 4) is 12.3 Å². The molecule has 0 unspecified atom stereocenters. The van der Waals surface area contributed by atoms with Gasteiger partial charge in [-0.15, -0.1) is 6.42 Å². The molecule has 1 rings (SSSR count). The lowest BCUT2D eigenvalue weighted by Crippen LogP contribution is -2.10. The molecule has 62 valence electrons. The van der Waals surface area contributed by atoms with Crippen molar-refractivity contribution in [2.24, 2.45) is 0 Å². The van der Waals surface area contributed by atoms with Crippen molar-refractivity contribution in [1.29, 1.82) is 0 Å². The van der Waals surface area contributed by atoms with Gasteiger partial charge in [0.1, 0.15) is 11.5 Å². The molecule has 0 aliphatic heterocycles. The fourth-order valence-electron chi connectivity index (χ4n) is 0.891. The van der Waals surface area contributed by atoms with Gasteiger partial charge in [0.25, 0.3) is 0 Å². The largest absolute Gasteiger partial charge is 0.368 e. The molecule has 0 aliphatic carbocycles. The predicted octanol–water partition coefficient (Wildman–Crippen LogP) is 1.88. The van der Waals surface area contributed by atoms with Crippen LogP contribution in [-0.4, -0.2) is 11.0 Å². The van der Waals surface area contributed by atoms with Crippen LogP contribution in [0, 0.1) is 12.3 Å². The number of aromatic nitrogens is 1. The van der Waals surface area contributed by atoms with Crippen molar-refractivity contribution in [2.45, 2.75) is 19.9 Å². The van der Waals surface area contributed by atoms with Crippen molar-refractivity contribution in [3.63, 3.8) is 0 Å². The molecule has 0 saturated carbocycles. The molecular formula is C10H12N2. The summed E-state index contributed by atoms with van der Waals surface area (Å²) in [6.45, 7) is 4.12. The Balaban J connectivity index is 2.81. The molecule has 0 radical (unpaired) electrons. The number of hydrogen-bond donors (Lipinski definition) is 1. The molecule has 1 heterocycles. The van der Waals surface area contributed by atoms with Gasteiger partial charge in [0.2, 0.25) is 0 Å². The van der Waals surface area contributed by atoms with Crippen LogP contribution in [0.25, 0.3) is 0 Å². The van der Waals surface area contributed by atoms with Gasteiger partial charge in [0.05, 0.1) is 0 Å². The first-order valence-electron chi connectivity index (χ1n) is 3.92. The molecule has 1 aromatic heterocycles. The molecule has 0 aliphatic rings. The van der Waals surface area contributed by atoms with Crippen LogP contribution in [0.3, 0.4) is 0 Å². The highest BCUT2D eigenvalue weighted by molar-refractivity contribution is 5.39. The molecule has 2 heteroatoms. The quantitative estimate of drug-likeness (QED) is 0.668. The van der Waals surface area contributed by atoms with Crippen molar-refractivity contribution in [3.05, 3.63) is 23.9 Å². The van der Waals surface area contributed by atoms with Crippen LogP contribution in [0.4, 0.5) is 5.82 Å². The summed E-state index contributed by atoms with van der Waals surface area (Å²) in [5.41, 5.74) is 0.667. The monoisotopic (exact) mass is 160 g/mol. The lowest BCUT2D eigenvalue weighted by molar-refractivity contribution is 0.888. The van der Waals surface area contributed by atoms with E-state index in [1.54, 1.807) is 0 Å².